The van der Waals surface area contributed by atoms with E-state index in [4.69, 9.17) is 18.9 Å². The van der Waals surface area contributed by atoms with E-state index in [0.29, 0.717) is 12.8 Å². The molecule has 0 aromatic heterocycles. The van der Waals surface area contributed by atoms with Crippen molar-refractivity contribution in [1.29, 1.82) is 0 Å². The van der Waals surface area contributed by atoms with E-state index in [1.54, 1.807) is 0 Å². The molecule has 0 saturated carbocycles. The van der Waals surface area contributed by atoms with Crippen LogP contribution in [0.15, 0.2) is 0 Å². The van der Waals surface area contributed by atoms with Gasteiger partial charge in [0.15, 0.2) is 0 Å². The van der Waals surface area contributed by atoms with E-state index in [2.05, 4.69) is 6.92 Å². The molecule has 0 amide bonds. The monoisotopic (exact) mass is 416 g/mol. The molecule has 174 valence electrons. The quantitative estimate of drug-likeness (QED) is 0.111. The van der Waals surface area contributed by atoms with Gasteiger partial charge in [-0.05, 0) is 6.42 Å². The fourth-order valence-corrected chi connectivity index (χ4v) is 3.56. The molecule has 0 aliphatic carbocycles. The molecule has 0 rings (SSSR count). The van der Waals surface area contributed by atoms with Crippen LogP contribution in [0.4, 0.5) is 0 Å². The molecule has 0 aliphatic heterocycles. The molecule has 0 aromatic rings. The highest BCUT2D eigenvalue weighted by Gasteiger charge is 2.29. The van der Waals surface area contributed by atoms with Crippen molar-refractivity contribution in [3.63, 3.8) is 0 Å². The maximum absolute atomic E-state index is 11.8. The van der Waals surface area contributed by atoms with Gasteiger partial charge in [0.2, 0.25) is 0 Å². The van der Waals surface area contributed by atoms with Gasteiger partial charge >= 0.3 is 5.97 Å². The molecule has 0 heterocycles. The minimum Gasteiger partial charge on any atom is -0.465 e. The first-order valence-corrected chi connectivity index (χ1v) is 11.9. The van der Waals surface area contributed by atoms with Crippen LogP contribution in [0.2, 0.25) is 0 Å². The first kappa shape index (κ1) is 28.4. The molecule has 0 radical (unpaired) electrons. The van der Waals surface area contributed by atoms with E-state index < -0.39 is 5.97 Å². The Bertz CT molecular complexity index is 347. The Morgan fingerprint density at radius 1 is 0.621 bits per heavy atom. The van der Waals surface area contributed by atoms with Crippen LogP contribution in [0, 0.1) is 0 Å². The lowest BCUT2D eigenvalue weighted by atomic mass is 10.0. The van der Waals surface area contributed by atoms with Gasteiger partial charge in [0, 0.05) is 27.8 Å². The third-order valence-electron chi connectivity index (χ3n) is 5.59. The summed E-state index contributed by atoms with van der Waals surface area (Å²) in [6.45, 7) is 2.50. The summed E-state index contributed by atoms with van der Waals surface area (Å²) < 4.78 is 20.8. The Morgan fingerprint density at radius 3 is 1.38 bits per heavy atom. The smallest absolute Gasteiger partial charge is 0.305 e. The van der Waals surface area contributed by atoms with Gasteiger partial charge in [-0.1, -0.05) is 96.8 Å². The molecule has 0 N–H and O–H groups in total. The zero-order valence-electron chi connectivity index (χ0n) is 19.8. The third-order valence-corrected chi connectivity index (χ3v) is 5.59. The topological polar surface area (TPSA) is 54.0 Å². The molecule has 0 aromatic carbocycles. The summed E-state index contributed by atoms with van der Waals surface area (Å²) >= 11 is 0. The minimum absolute atomic E-state index is 0.156. The van der Waals surface area contributed by atoms with Crippen LogP contribution in [-0.4, -0.2) is 39.9 Å². The van der Waals surface area contributed by atoms with E-state index in [-0.39, 0.29) is 12.6 Å². The van der Waals surface area contributed by atoms with E-state index in [9.17, 15) is 4.79 Å². The SMILES string of the molecule is CCCCCCCCCCCCCCCCCC(=O)OCCC(OC)(OC)OC. The Hall–Kier alpha value is -0.650. The van der Waals surface area contributed by atoms with Crippen LogP contribution >= 0.6 is 0 Å². The highest BCUT2D eigenvalue weighted by atomic mass is 16.9. The van der Waals surface area contributed by atoms with Gasteiger partial charge in [-0.15, -0.1) is 0 Å². The van der Waals surface area contributed by atoms with E-state index >= 15 is 0 Å². The number of carbonyl (C=O) groups is 1. The average molecular weight is 417 g/mol. The first-order valence-electron chi connectivity index (χ1n) is 11.9. The molecule has 0 fully saturated rings. The minimum atomic E-state index is -1.13. The molecule has 0 atom stereocenters. The van der Waals surface area contributed by atoms with Crippen LogP contribution < -0.4 is 0 Å². The van der Waals surface area contributed by atoms with Crippen molar-refractivity contribution in [3.05, 3.63) is 0 Å². The summed E-state index contributed by atoms with van der Waals surface area (Å²) in [6, 6.07) is 0. The van der Waals surface area contributed by atoms with Crippen molar-refractivity contribution in [2.45, 2.75) is 122 Å². The van der Waals surface area contributed by atoms with Crippen LogP contribution in [0.1, 0.15) is 116 Å². The molecule has 29 heavy (non-hydrogen) atoms. The van der Waals surface area contributed by atoms with Crippen LogP contribution in [0.25, 0.3) is 0 Å². The summed E-state index contributed by atoms with van der Waals surface area (Å²) in [5.74, 6) is -1.29. The summed E-state index contributed by atoms with van der Waals surface area (Å²) in [7, 11) is 4.51. The van der Waals surface area contributed by atoms with E-state index in [0.717, 1.165) is 12.8 Å². The highest BCUT2D eigenvalue weighted by molar-refractivity contribution is 5.69. The predicted molar refractivity (Wildman–Crippen MR) is 119 cm³/mol. The first-order chi connectivity index (χ1) is 14.1. The molecule has 5 nitrogen and oxygen atoms in total. The maximum Gasteiger partial charge on any atom is 0.305 e. The number of hydrogen-bond acceptors (Lipinski definition) is 5. The number of methoxy groups -OCH3 is 3. The number of rotatable bonds is 22. The van der Waals surface area contributed by atoms with Crippen molar-refractivity contribution >= 4 is 5.97 Å². The lowest BCUT2D eigenvalue weighted by molar-refractivity contribution is -0.356. The largest absolute Gasteiger partial charge is 0.465 e. The summed E-state index contributed by atoms with van der Waals surface area (Å²) in [4.78, 5) is 11.8. The second-order valence-electron chi connectivity index (χ2n) is 7.97. The lowest BCUT2D eigenvalue weighted by Crippen LogP contribution is -2.37. The number of esters is 1. The Labute approximate surface area is 180 Å². The van der Waals surface area contributed by atoms with Gasteiger partial charge in [-0.2, -0.15) is 0 Å². The van der Waals surface area contributed by atoms with Crippen LogP contribution in [0.5, 0.6) is 0 Å². The summed E-state index contributed by atoms with van der Waals surface area (Å²) in [5, 5.41) is 0. The highest BCUT2D eigenvalue weighted by Crippen LogP contribution is 2.17. The van der Waals surface area contributed by atoms with Gasteiger partial charge in [0.05, 0.1) is 13.0 Å². The summed E-state index contributed by atoms with van der Waals surface area (Å²) in [6.07, 6.45) is 20.6. The maximum atomic E-state index is 11.8. The summed E-state index contributed by atoms with van der Waals surface area (Å²) in [5.41, 5.74) is 0. The second-order valence-corrected chi connectivity index (χ2v) is 7.97. The molecule has 0 bridgehead atoms. The standard InChI is InChI=1S/C24H48O5/c1-5-6-7-8-9-10-11-12-13-14-15-16-17-18-19-20-23(25)29-22-21-24(26-2,27-3)28-4/h5-22H2,1-4H3. The number of ether oxygens (including phenoxy) is 4. The van der Waals surface area contributed by atoms with Gasteiger partial charge in [-0.3, -0.25) is 4.79 Å². The fraction of sp³-hybridized carbons (Fsp3) is 0.958. The Kier molecular flexibility index (Phi) is 20.2. The van der Waals surface area contributed by atoms with Gasteiger partial charge < -0.3 is 18.9 Å². The van der Waals surface area contributed by atoms with Crippen molar-refractivity contribution in [1.82, 2.24) is 0 Å². The fourth-order valence-electron chi connectivity index (χ4n) is 3.56. The van der Waals surface area contributed by atoms with Gasteiger partial charge in [0.25, 0.3) is 5.97 Å². The molecular formula is C24H48O5. The lowest BCUT2D eigenvalue weighted by Gasteiger charge is -2.28. The molecule has 0 unspecified atom stereocenters. The van der Waals surface area contributed by atoms with Crippen LogP contribution in [-0.2, 0) is 23.7 Å². The average Bonchev–Trinajstić information content (AvgIpc) is 2.74. The second kappa shape index (κ2) is 20.6. The van der Waals surface area contributed by atoms with E-state index in [1.165, 1.54) is 105 Å². The van der Waals surface area contributed by atoms with E-state index in [1.807, 2.05) is 0 Å². The van der Waals surface area contributed by atoms with Crippen LogP contribution in [0.3, 0.4) is 0 Å². The zero-order valence-corrected chi connectivity index (χ0v) is 19.8. The van der Waals surface area contributed by atoms with Crippen molar-refractivity contribution in [3.8, 4) is 0 Å². The number of unbranched alkanes of at least 4 members (excludes halogenated alkanes) is 14. The third kappa shape index (κ3) is 16.8. The Balaban J connectivity index is 3.35. The van der Waals surface area contributed by atoms with Crippen molar-refractivity contribution < 1.29 is 23.7 Å². The normalized spacial score (nSPS) is 11.7. The predicted octanol–water partition coefficient (Wildman–Crippen LogP) is 6.77. The molecule has 0 aliphatic rings. The zero-order chi connectivity index (χ0) is 21.6. The van der Waals surface area contributed by atoms with Crippen molar-refractivity contribution in [2.75, 3.05) is 27.9 Å². The number of carbonyl (C=O) groups excluding carboxylic acids is 1. The molecule has 0 saturated heterocycles. The van der Waals surface area contributed by atoms with Crippen molar-refractivity contribution in [2.24, 2.45) is 0 Å². The van der Waals surface area contributed by atoms with Gasteiger partial charge in [0.1, 0.15) is 0 Å². The molecule has 0 spiro atoms. The molecule has 5 heteroatoms. The van der Waals surface area contributed by atoms with Gasteiger partial charge in [-0.25, -0.2) is 0 Å². The number of hydrogen-bond donors (Lipinski definition) is 0. The molecular weight excluding hydrogens is 368 g/mol. The Morgan fingerprint density at radius 2 is 1.00 bits per heavy atom.